The lowest BCUT2D eigenvalue weighted by atomic mass is 9.98. The molecule has 0 amide bonds. The molecule has 0 saturated carbocycles. The summed E-state index contributed by atoms with van der Waals surface area (Å²) in [7, 11) is 0. The van der Waals surface area contributed by atoms with Crippen molar-refractivity contribution in [3.63, 3.8) is 0 Å². The maximum Gasteiger partial charge on any atom is 0.128 e. The van der Waals surface area contributed by atoms with Crippen molar-refractivity contribution in [1.82, 2.24) is 0 Å². The first kappa shape index (κ1) is 5.77. The van der Waals surface area contributed by atoms with Crippen molar-refractivity contribution in [2.45, 2.75) is 6.42 Å². The lowest BCUT2D eigenvalue weighted by Gasteiger charge is -2.17. The van der Waals surface area contributed by atoms with Gasteiger partial charge >= 0.3 is 0 Å². The fourth-order valence-corrected chi connectivity index (χ4v) is 1.22. The van der Waals surface area contributed by atoms with Crippen LogP contribution in [0.3, 0.4) is 0 Å². The fourth-order valence-electron chi connectivity index (χ4n) is 1.22. The molecule has 1 unspecified atom stereocenters. The minimum atomic E-state index is 0.464. The van der Waals surface area contributed by atoms with E-state index in [-0.39, 0.29) is 0 Å². The standard InChI is InChI=1S/C7H9N3/c1-2-8-4-7-6(1)3-9-5-10-7/h2-3,6H,1,4-5H2. The van der Waals surface area contributed by atoms with Crippen molar-refractivity contribution in [3.8, 4) is 0 Å². The van der Waals surface area contributed by atoms with Crippen LogP contribution in [0.5, 0.6) is 0 Å². The Bertz CT molecular complexity index is 215. The van der Waals surface area contributed by atoms with Crippen LogP contribution in [0.4, 0.5) is 0 Å². The molecule has 0 aromatic heterocycles. The molecule has 0 aromatic carbocycles. The van der Waals surface area contributed by atoms with E-state index < -0.39 is 0 Å². The maximum absolute atomic E-state index is 4.26. The molecule has 0 radical (unpaired) electrons. The number of hydrogen-bond donors (Lipinski definition) is 0. The van der Waals surface area contributed by atoms with Crippen LogP contribution in [0.1, 0.15) is 6.42 Å². The molecule has 0 aliphatic carbocycles. The molecule has 52 valence electrons. The van der Waals surface area contributed by atoms with Gasteiger partial charge in [-0.05, 0) is 6.42 Å². The molecule has 10 heavy (non-hydrogen) atoms. The molecule has 1 atom stereocenters. The molecular formula is C7H9N3. The Hall–Kier alpha value is -0.990. The van der Waals surface area contributed by atoms with Crippen LogP contribution in [0.25, 0.3) is 0 Å². The van der Waals surface area contributed by atoms with Gasteiger partial charge in [-0.3, -0.25) is 15.0 Å². The average molecular weight is 135 g/mol. The third-order valence-electron chi connectivity index (χ3n) is 1.81. The fraction of sp³-hybridized carbons (Fsp3) is 0.571. The van der Waals surface area contributed by atoms with Gasteiger partial charge in [0.1, 0.15) is 6.67 Å². The summed E-state index contributed by atoms with van der Waals surface area (Å²) in [6, 6.07) is 0. The van der Waals surface area contributed by atoms with Crippen molar-refractivity contribution in [3.05, 3.63) is 0 Å². The first-order valence-electron chi connectivity index (χ1n) is 3.48. The normalized spacial score (nSPS) is 29.6. The van der Waals surface area contributed by atoms with E-state index in [1.54, 1.807) is 0 Å². The van der Waals surface area contributed by atoms with Gasteiger partial charge in [-0.25, -0.2) is 0 Å². The van der Waals surface area contributed by atoms with E-state index in [0.717, 1.165) is 13.0 Å². The monoisotopic (exact) mass is 135 g/mol. The smallest absolute Gasteiger partial charge is 0.128 e. The molecule has 0 aromatic rings. The molecule has 2 heterocycles. The minimum Gasteiger partial charge on any atom is -0.291 e. The molecular weight excluding hydrogens is 126 g/mol. The largest absolute Gasteiger partial charge is 0.291 e. The van der Waals surface area contributed by atoms with E-state index in [1.807, 2.05) is 12.4 Å². The summed E-state index contributed by atoms with van der Waals surface area (Å²) < 4.78 is 0. The van der Waals surface area contributed by atoms with E-state index in [4.69, 9.17) is 0 Å². The van der Waals surface area contributed by atoms with E-state index in [9.17, 15) is 0 Å². The van der Waals surface area contributed by atoms with Crippen LogP contribution in [0, 0.1) is 5.92 Å². The third kappa shape index (κ3) is 0.875. The zero-order chi connectivity index (χ0) is 6.81. The summed E-state index contributed by atoms with van der Waals surface area (Å²) >= 11 is 0. The van der Waals surface area contributed by atoms with Gasteiger partial charge in [0.2, 0.25) is 0 Å². The summed E-state index contributed by atoms with van der Waals surface area (Å²) in [5, 5.41) is 0. The number of aliphatic imine (C=N–C) groups is 3. The summed E-state index contributed by atoms with van der Waals surface area (Å²) in [6.45, 7) is 1.40. The molecule has 3 nitrogen and oxygen atoms in total. The Labute approximate surface area is 59.6 Å². The van der Waals surface area contributed by atoms with Gasteiger partial charge < -0.3 is 0 Å². The highest BCUT2D eigenvalue weighted by Gasteiger charge is 2.17. The SMILES string of the molecule is C1=NCN=C2CN=CCC12. The molecule has 2 aliphatic heterocycles. The van der Waals surface area contributed by atoms with E-state index in [0.29, 0.717) is 12.6 Å². The van der Waals surface area contributed by atoms with Gasteiger partial charge in [0.25, 0.3) is 0 Å². The summed E-state index contributed by atoms with van der Waals surface area (Å²) in [6.07, 6.45) is 4.94. The molecule has 2 aliphatic rings. The van der Waals surface area contributed by atoms with Crippen LogP contribution in [-0.4, -0.2) is 31.4 Å². The molecule has 0 saturated heterocycles. The Morgan fingerprint density at radius 1 is 1.40 bits per heavy atom. The predicted octanol–water partition coefficient (Wildman–Crippen LogP) is 0.560. The molecule has 3 heteroatoms. The number of fused-ring (bicyclic) bond motifs is 1. The van der Waals surface area contributed by atoms with E-state index in [1.165, 1.54) is 5.71 Å². The first-order valence-corrected chi connectivity index (χ1v) is 3.48. The van der Waals surface area contributed by atoms with Gasteiger partial charge in [-0.15, -0.1) is 0 Å². The van der Waals surface area contributed by atoms with Gasteiger partial charge in [-0.1, -0.05) is 0 Å². The highest BCUT2D eigenvalue weighted by atomic mass is 15.0. The van der Waals surface area contributed by atoms with Gasteiger partial charge in [-0.2, -0.15) is 0 Å². The number of hydrogen-bond acceptors (Lipinski definition) is 3. The average Bonchev–Trinajstić information content (AvgIpc) is 2.05. The van der Waals surface area contributed by atoms with Crippen LogP contribution in [0.2, 0.25) is 0 Å². The molecule has 0 N–H and O–H groups in total. The van der Waals surface area contributed by atoms with Gasteiger partial charge in [0.15, 0.2) is 0 Å². The Kier molecular flexibility index (Phi) is 1.34. The van der Waals surface area contributed by atoms with Crippen LogP contribution >= 0.6 is 0 Å². The van der Waals surface area contributed by atoms with Gasteiger partial charge in [0, 0.05) is 24.1 Å². The van der Waals surface area contributed by atoms with E-state index >= 15 is 0 Å². The van der Waals surface area contributed by atoms with Crippen LogP contribution in [0.15, 0.2) is 15.0 Å². The highest BCUT2D eigenvalue weighted by Crippen LogP contribution is 2.10. The number of rotatable bonds is 0. The van der Waals surface area contributed by atoms with Crippen LogP contribution < -0.4 is 0 Å². The zero-order valence-corrected chi connectivity index (χ0v) is 5.70. The van der Waals surface area contributed by atoms with Crippen molar-refractivity contribution < 1.29 is 0 Å². The minimum absolute atomic E-state index is 0.464. The molecule has 0 fully saturated rings. The maximum atomic E-state index is 4.26. The lowest BCUT2D eigenvalue weighted by molar-refractivity contribution is 0.873. The van der Waals surface area contributed by atoms with Gasteiger partial charge in [0.05, 0.1) is 6.54 Å². The zero-order valence-electron chi connectivity index (χ0n) is 5.70. The topological polar surface area (TPSA) is 37.1 Å². The summed E-state index contributed by atoms with van der Waals surface area (Å²) in [5.74, 6) is 0.464. The van der Waals surface area contributed by atoms with Crippen LogP contribution in [-0.2, 0) is 0 Å². The molecule has 2 rings (SSSR count). The lowest BCUT2D eigenvalue weighted by Crippen LogP contribution is -2.26. The van der Waals surface area contributed by atoms with Crippen molar-refractivity contribution in [2.75, 3.05) is 13.2 Å². The quantitative estimate of drug-likeness (QED) is 0.465. The molecule has 0 bridgehead atoms. The molecule has 0 spiro atoms. The predicted molar refractivity (Wildman–Crippen MR) is 42.3 cm³/mol. The Balaban J connectivity index is 2.23. The highest BCUT2D eigenvalue weighted by molar-refractivity contribution is 6.04. The summed E-state index contributed by atoms with van der Waals surface area (Å²) in [4.78, 5) is 12.5. The van der Waals surface area contributed by atoms with Crippen molar-refractivity contribution in [1.29, 1.82) is 0 Å². The third-order valence-corrected chi connectivity index (χ3v) is 1.81. The Morgan fingerprint density at radius 2 is 2.40 bits per heavy atom. The summed E-state index contributed by atoms with van der Waals surface area (Å²) in [5.41, 5.74) is 1.21. The van der Waals surface area contributed by atoms with Crippen molar-refractivity contribution in [2.24, 2.45) is 20.9 Å². The second kappa shape index (κ2) is 2.33. The van der Waals surface area contributed by atoms with E-state index in [2.05, 4.69) is 15.0 Å². The second-order valence-corrected chi connectivity index (χ2v) is 2.49. The number of nitrogens with zero attached hydrogens (tertiary/aromatic N) is 3. The second-order valence-electron chi connectivity index (χ2n) is 2.49. The van der Waals surface area contributed by atoms with Crippen molar-refractivity contribution >= 4 is 18.1 Å². The first-order chi connectivity index (χ1) is 4.97. The Morgan fingerprint density at radius 3 is 3.30 bits per heavy atom.